The minimum atomic E-state index is -2.73. The van der Waals surface area contributed by atoms with Gasteiger partial charge in [0.15, 0.2) is 0 Å². The number of rotatable bonds is 2. The van der Waals surface area contributed by atoms with Crippen LogP contribution in [-0.4, -0.2) is 37.3 Å². The zero-order chi connectivity index (χ0) is 14.0. The minimum Gasteiger partial charge on any atom is -0.466 e. The van der Waals surface area contributed by atoms with Crippen molar-refractivity contribution in [3.05, 3.63) is 11.6 Å². The van der Waals surface area contributed by atoms with Crippen molar-refractivity contribution >= 4 is 17.7 Å². The molecular formula is C12H14F2N2O3. The molecule has 0 bridgehead atoms. The highest BCUT2D eigenvalue weighted by Crippen LogP contribution is 2.42. The van der Waals surface area contributed by atoms with Crippen molar-refractivity contribution < 1.29 is 23.1 Å². The van der Waals surface area contributed by atoms with Crippen molar-refractivity contribution in [1.82, 2.24) is 5.32 Å². The summed E-state index contributed by atoms with van der Waals surface area (Å²) in [6.45, 7) is 0.359. The minimum absolute atomic E-state index is 0.229. The van der Waals surface area contributed by atoms with Crippen LogP contribution in [0.3, 0.4) is 0 Å². The van der Waals surface area contributed by atoms with E-state index in [-0.39, 0.29) is 5.84 Å². The zero-order valence-corrected chi connectivity index (χ0v) is 10.4. The average Bonchev–Trinajstić information content (AvgIpc) is 2.35. The molecule has 0 aromatic heterocycles. The van der Waals surface area contributed by atoms with Gasteiger partial charge in [0.2, 0.25) is 11.8 Å². The zero-order valence-electron chi connectivity index (χ0n) is 10.4. The van der Waals surface area contributed by atoms with Crippen molar-refractivity contribution in [3.63, 3.8) is 0 Å². The van der Waals surface area contributed by atoms with Crippen molar-refractivity contribution in [2.75, 3.05) is 13.7 Å². The van der Waals surface area contributed by atoms with Crippen molar-refractivity contribution in [2.24, 2.45) is 10.9 Å². The number of carbonyl (C=O) groups is 2. The van der Waals surface area contributed by atoms with Crippen LogP contribution in [0.5, 0.6) is 0 Å². The Morgan fingerprint density at radius 2 is 2.16 bits per heavy atom. The van der Waals surface area contributed by atoms with E-state index >= 15 is 0 Å². The average molecular weight is 272 g/mol. The maximum Gasteiger partial charge on any atom is 0.333 e. The van der Waals surface area contributed by atoms with Gasteiger partial charge in [0, 0.05) is 30.9 Å². The highest BCUT2D eigenvalue weighted by atomic mass is 19.3. The number of amides is 1. The van der Waals surface area contributed by atoms with E-state index in [4.69, 9.17) is 0 Å². The molecule has 2 aliphatic rings. The van der Waals surface area contributed by atoms with E-state index in [1.54, 1.807) is 0 Å². The summed E-state index contributed by atoms with van der Waals surface area (Å²) >= 11 is 0. The summed E-state index contributed by atoms with van der Waals surface area (Å²) in [6.07, 6.45) is 0.997. The second kappa shape index (κ2) is 5.07. The normalized spacial score (nSPS) is 21.8. The molecule has 1 amide bonds. The molecule has 0 spiro atoms. The lowest BCUT2D eigenvalue weighted by molar-refractivity contribution is -0.148. The monoisotopic (exact) mass is 272 g/mol. The Labute approximate surface area is 108 Å². The molecule has 0 aromatic carbocycles. The summed E-state index contributed by atoms with van der Waals surface area (Å²) < 4.78 is 29.9. The smallest absolute Gasteiger partial charge is 0.333 e. The van der Waals surface area contributed by atoms with Crippen LogP contribution in [0.2, 0.25) is 0 Å². The molecule has 0 unspecified atom stereocenters. The molecule has 1 heterocycles. The van der Waals surface area contributed by atoms with E-state index in [1.807, 2.05) is 0 Å². The van der Waals surface area contributed by atoms with E-state index in [1.165, 1.54) is 13.2 Å². The third kappa shape index (κ3) is 3.15. The first-order chi connectivity index (χ1) is 8.91. The SMILES string of the molecule is COC(=O)C1=CC(NC(=O)C2CC(F)(F)C2)=NCC1. The summed E-state index contributed by atoms with van der Waals surface area (Å²) in [5.41, 5.74) is 0.409. The van der Waals surface area contributed by atoms with Gasteiger partial charge in [0.05, 0.1) is 7.11 Å². The molecule has 1 N–H and O–H groups in total. The topological polar surface area (TPSA) is 67.8 Å². The lowest BCUT2D eigenvalue weighted by Crippen LogP contribution is -2.46. The highest BCUT2D eigenvalue weighted by molar-refractivity contribution is 6.09. The van der Waals surface area contributed by atoms with E-state index in [2.05, 4.69) is 15.0 Å². The molecule has 0 aromatic rings. The lowest BCUT2D eigenvalue weighted by atomic mass is 9.81. The van der Waals surface area contributed by atoms with Crippen LogP contribution in [-0.2, 0) is 14.3 Å². The van der Waals surface area contributed by atoms with Crippen molar-refractivity contribution in [1.29, 1.82) is 0 Å². The molecule has 2 rings (SSSR count). The van der Waals surface area contributed by atoms with Gasteiger partial charge in [-0.05, 0) is 12.5 Å². The Morgan fingerprint density at radius 3 is 2.74 bits per heavy atom. The number of aliphatic imine (C=N–C) groups is 1. The highest BCUT2D eigenvalue weighted by Gasteiger charge is 2.48. The number of hydrogen-bond acceptors (Lipinski definition) is 4. The van der Waals surface area contributed by atoms with E-state index in [0.29, 0.717) is 18.5 Å². The number of ether oxygens (including phenoxy) is 1. The Kier molecular flexibility index (Phi) is 3.64. The number of amidine groups is 1. The first kappa shape index (κ1) is 13.6. The van der Waals surface area contributed by atoms with Crippen LogP contribution < -0.4 is 5.32 Å². The van der Waals surface area contributed by atoms with E-state index in [9.17, 15) is 18.4 Å². The molecule has 7 heteroatoms. The Bertz CT molecular complexity index is 464. The number of alkyl halides is 2. The number of dihydropyridines is 1. The van der Waals surface area contributed by atoms with Gasteiger partial charge in [-0.25, -0.2) is 13.6 Å². The largest absolute Gasteiger partial charge is 0.466 e. The molecule has 0 atom stereocenters. The van der Waals surface area contributed by atoms with Crippen LogP contribution in [0, 0.1) is 5.92 Å². The van der Waals surface area contributed by atoms with Crippen LogP contribution in [0.1, 0.15) is 19.3 Å². The predicted molar refractivity (Wildman–Crippen MR) is 62.8 cm³/mol. The van der Waals surface area contributed by atoms with E-state index in [0.717, 1.165) is 0 Å². The number of nitrogens with one attached hydrogen (secondary N) is 1. The Balaban J connectivity index is 1.93. The molecule has 1 fully saturated rings. The Morgan fingerprint density at radius 1 is 1.47 bits per heavy atom. The van der Waals surface area contributed by atoms with Gasteiger partial charge in [-0.2, -0.15) is 0 Å². The fourth-order valence-electron chi connectivity index (χ4n) is 2.02. The van der Waals surface area contributed by atoms with Crippen LogP contribution in [0.15, 0.2) is 16.6 Å². The summed E-state index contributed by atoms with van der Waals surface area (Å²) in [4.78, 5) is 27.0. The molecule has 104 valence electrons. The maximum absolute atomic E-state index is 12.7. The maximum atomic E-state index is 12.7. The molecule has 0 radical (unpaired) electrons. The predicted octanol–water partition coefficient (Wildman–Crippen LogP) is 1.05. The first-order valence-corrected chi connectivity index (χ1v) is 5.93. The van der Waals surface area contributed by atoms with Gasteiger partial charge in [-0.3, -0.25) is 9.79 Å². The molecule has 1 aliphatic heterocycles. The van der Waals surface area contributed by atoms with Gasteiger partial charge >= 0.3 is 5.97 Å². The Hall–Kier alpha value is -1.79. The van der Waals surface area contributed by atoms with Crippen LogP contribution in [0.4, 0.5) is 8.78 Å². The standard InChI is InChI=1S/C12H14F2N2O3/c1-19-11(18)7-2-3-15-9(4-7)16-10(17)8-5-12(13,14)6-8/h4,8H,2-3,5-6H2,1H3,(H,15,16,17). The van der Waals surface area contributed by atoms with Gasteiger partial charge < -0.3 is 10.1 Å². The lowest BCUT2D eigenvalue weighted by Gasteiger charge is -2.33. The fourth-order valence-corrected chi connectivity index (χ4v) is 2.02. The number of methoxy groups -OCH3 is 1. The second-order valence-corrected chi connectivity index (χ2v) is 4.63. The van der Waals surface area contributed by atoms with Gasteiger partial charge in [-0.1, -0.05) is 0 Å². The molecule has 19 heavy (non-hydrogen) atoms. The van der Waals surface area contributed by atoms with Gasteiger partial charge in [0.1, 0.15) is 5.84 Å². The molecule has 5 nitrogen and oxygen atoms in total. The van der Waals surface area contributed by atoms with Crippen LogP contribution in [0.25, 0.3) is 0 Å². The number of hydrogen-bond donors (Lipinski definition) is 1. The van der Waals surface area contributed by atoms with Crippen LogP contribution >= 0.6 is 0 Å². The molecular weight excluding hydrogens is 258 g/mol. The number of nitrogens with zero attached hydrogens (tertiary/aromatic N) is 1. The summed E-state index contributed by atoms with van der Waals surface area (Å²) in [5.74, 6) is -4.14. The number of carbonyl (C=O) groups excluding carboxylic acids is 2. The molecule has 1 saturated carbocycles. The third-order valence-corrected chi connectivity index (χ3v) is 3.13. The molecule has 0 saturated heterocycles. The first-order valence-electron chi connectivity index (χ1n) is 5.93. The van der Waals surface area contributed by atoms with E-state index < -0.39 is 36.6 Å². The summed E-state index contributed by atoms with van der Waals surface area (Å²) in [5, 5.41) is 2.46. The van der Waals surface area contributed by atoms with Crippen molar-refractivity contribution in [3.8, 4) is 0 Å². The van der Waals surface area contributed by atoms with Crippen molar-refractivity contribution in [2.45, 2.75) is 25.2 Å². The summed E-state index contributed by atoms with van der Waals surface area (Å²) in [6, 6.07) is 0. The number of esters is 1. The molecule has 1 aliphatic carbocycles. The fraction of sp³-hybridized carbons (Fsp3) is 0.583. The number of halogens is 2. The quantitative estimate of drug-likeness (QED) is 0.764. The second-order valence-electron chi connectivity index (χ2n) is 4.63. The van der Waals surface area contributed by atoms with Gasteiger partial charge in [-0.15, -0.1) is 0 Å². The third-order valence-electron chi connectivity index (χ3n) is 3.13. The van der Waals surface area contributed by atoms with Gasteiger partial charge in [0.25, 0.3) is 0 Å². The summed E-state index contributed by atoms with van der Waals surface area (Å²) in [7, 11) is 1.27.